The monoisotopic (exact) mass is 256 g/mol. The van der Waals surface area contributed by atoms with Crippen molar-refractivity contribution < 1.29 is 35.5 Å². The lowest BCUT2D eigenvalue weighted by molar-refractivity contribution is -0.141. The van der Waals surface area contributed by atoms with Crippen molar-refractivity contribution in [2.45, 2.75) is 38.1 Å². The number of carbonyl (C=O) groups is 2. The molecule has 0 bridgehead atoms. The Morgan fingerprint density at radius 2 is 1.06 bits per heavy atom. The Labute approximate surface area is 98.0 Å². The van der Waals surface area contributed by atoms with Crippen LogP contribution in [0.25, 0.3) is 0 Å². The quantitative estimate of drug-likeness (QED) is 0.301. The normalized spacial score (nSPS) is 16.4. The topological polar surface area (TPSA) is 199 Å². The van der Waals surface area contributed by atoms with Crippen LogP contribution in [0.15, 0.2) is 0 Å². The van der Waals surface area contributed by atoms with Crippen LogP contribution in [0.4, 0.5) is 0 Å². The van der Waals surface area contributed by atoms with Crippen molar-refractivity contribution in [3.63, 3.8) is 0 Å². The van der Waals surface area contributed by atoms with Gasteiger partial charge in [0.1, 0.15) is 12.1 Å². The van der Waals surface area contributed by atoms with E-state index in [1.54, 1.807) is 0 Å². The molecule has 17 heavy (non-hydrogen) atoms. The van der Waals surface area contributed by atoms with Gasteiger partial charge in [-0.3, -0.25) is 9.59 Å². The molecule has 0 radical (unpaired) electrons. The third kappa shape index (κ3) is 11.0. The van der Waals surface area contributed by atoms with Gasteiger partial charge in [-0.05, 0) is 13.8 Å². The fourth-order valence-electron chi connectivity index (χ4n) is 0.413. The van der Waals surface area contributed by atoms with E-state index >= 15 is 0 Å². The summed E-state index contributed by atoms with van der Waals surface area (Å²) < 4.78 is 0. The first-order chi connectivity index (χ1) is 7.11. The van der Waals surface area contributed by atoms with Crippen LogP contribution in [-0.2, 0) is 9.59 Å². The molecule has 0 aromatic rings. The van der Waals surface area contributed by atoms with E-state index in [1.807, 2.05) is 0 Å². The van der Waals surface area contributed by atoms with Crippen molar-refractivity contribution in [3.05, 3.63) is 0 Å². The zero-order chi connectivity index (χ0) is 13.5. The Kier molecular flexibility index (Phi) is 12.3. The second kappa shape index (κ2) is 9.93. The molecule has 0 aliphatic carbocycles. The van der Waals surface area contributed by atoms with Crippen LogP contribution in [0.2, 0.25) is 0 Å². The fraction of sp³-hybridized carbons (Fsp3) is 0.750. The zero-order valence-electron chi connectivity index (χ0n) is 9.57. The predicted molar refractivity (Wildman–Crippen MR) is 58.2 cm³/mol. The van der Waals surface area contributed by atoms with Gasteiger partial charge in [-0.25, -0.2) is 0 Å². The minimum Gasteiger partial charge on any atom is -0.480 e. The number of aliphatic hydroxyl groups is 2. The second-order valence-corrected chi connectivity index (χ2v) is 3.21. The molecule has 104 valence electrons. The molecular formula is C8H20N2O7. The van der Waals surface area contributed by atoms with Crippen LogP contribution >= 0.6 is 0 Å². The van der Waals surface area contributed by atoms with Gasteiger partial charge in [0.2, 0.25) is 0 Å². The molecular weight excluding hydrogens is 236 g/mol. The number of hydrogen-bond acceptors (Lipinski definition) is 6. The van der Waals surface area contributed by atoms with Crippen LogP contribution in [0.5, 0.6) is 0 Å². The van der Waals surface area contributed by atoms with Crippen molar-refractivity contribution in [1.82, 2.24) is 0 Å². The minimum atomic E-state index is -1.18. The highest BCUT2D eigenvalue weighted by Crippen LogP contribution is 1.86. The fourth-order valence-corrected chi connectivity index (χ4v) is 0.413. The van der Waals surface area contributed by atoms with E-state index in [4.69, 9.17) is 31.9 Å². The first-order valence-corrected chi connectivity index (χ1v) is 4.44. The van der Waals surface area contributed by atoms with Crippen LogP contribution in [0, 0.1) is 0 Å². The third-order valence-corrected chi connectivity index (χ3v) is 1.61. The van der Waals surface area contributed by atoms with Gasteiger partial charge in [-0.1, -0.05) is 0 Å². The number of carboxylic acid groups (broad SMARTS) is 2. The van der Waals surface area contributed by atoms with Crippen molar-refractivity contribution in [2.75, 3.05) is 0 Å². The van der Waals surface area contributed by atoms with Crippen molar-refractivity contribution in [2.24, 2.45) is 11.5 Å². The van der Waals surface area contributed by atoms with Crippen LogP contribution < -0.4 is 11.5 Å². The molecule has 0 spiro atoms. The van der Waals surface area contributed by atoms with E-state index in [1.165, 1.54) is 13.8 Å². The van der Waals surface area contributed by atoms with Gasteiger partial charge < -0.3 is 37.4 Å². The Hall–Kier alpha value is -1.26. The largest absolute Gasteiger partial charge is 0.480 e. The molecule has 0 heterocycles. The maximum atomic E-state index is 9.86. The van der Waals surface area contributed by atoms with Crippen molar-refractivity contribution >= 4 is 11.9 Å². The van der Waals surface area contributed by atoms with Gasteiger partial charge in [0.05, 0.1) is 12.2 Å². The van der Waals surface area contributed by atoms with E-state index in [-0.39, 0.29) is 5.48 Å². The van der Waals surface area contributed by atoms with E-state index in [2.05, 4.69) is 0 Å². The molecule has 0 aromatic heterocycles. The lowest BCUT2D eigenvalue weighted by Gasteiger charge is -2.07. The zero-order valence-corrected chi connectivity index (χ0v) is 9.57. The lowest BCUT2D eigenvalue weighted by Crippen LogP contribution is -2.39. The van der Waals surface area contributed by atoms with E-state index in [0.717, 1.165) is 0 Å². The van der Waals surface area contributed by atoms with Gasteiger partial charge in [-0.15, -0.1) is 0 Å². The number of hydrogen-bond donors (Lipinski definition) is 6. The molecule has 0 amide bonds. The highest BCUT2D eigenvalue weighted by Gasteiger charge is 2.16. The number of rotatable bonds is 4. The maximum Gasteiger partial charge on any atom is 0.323 e. The molecule has 0 unspecified atom stereocenters. The molecule has 0 aliphatic rings. The van der Waals surface area contributed by atoms with E-state index < -0.39 is 36.2 Å². The lowest BCUT2D eigenvalue weighted by atomic mass is 10.2. The average molecular weight is 256 g/mol. The first kappa shape index (κ1) is 21.1. The number of nitrogens with two attached hydrogens (primary N) is 2. The molecule has 0 rings (SSSR count). The summed E-state index contributed by atoms with van der Waals surface area (Å²) in [6.07, 6.45) is -1.96. The maximum absolute atomic E-state index is 9.86. The molecule has 0 aromatic carbocycles. The van der Waals surface area contributed by atoms with Crippen molar-refractivity contribution in [1.29, 1.82) is 0 Å². The van der Waals surface area contributed by atoms with Gasteiger partial charge in [0.25, 0.3) is 0 Å². The molecule has 0 aliphatic heterocycles. The highest BCUT2D eigenvalue weighted by atomic mass is 16.4. The second-order valence-electron chi connectivity index (χ2n) is 3.21. The van der Waals surface area contributed by atoms with Gasteiger partial charge >= 0.3 is 11.9 Å². The first-order valence-electron chi connectivity index (χ1n) is 4.44. The summed E-state index contributed by atoms with van der Waals surface area (Å²) in [4.78, 5) is 19.7. The Balaban J connectivity index is -0.000000218. The molecule has 0 saturated carbocycles. The van der Waals surface area contributed by atoms with E-state index in [9.17, 15) is 9.59 Å². The highest BCUT2D eigenvalue weighted by molar-refractivity contribution is 5.74. The summed E-state index contributed by atoms with van der Waals surface area (Å²) in [5.41, 5.74) is 9.82. The van der Waals surface area contributed by atoms with Gasteiger partial charge in [0, 0.05) is 0 Å². The Morgan fingerprint density at radius 3 is 1.06 bits per heavy atom. The summed E-state index contributed by atoms with van der Waals surface area (Å²) in [5.74, 6) is -2.36. The summed E-state index contributed by atoms with van der Waals surface area (Å²) in [5, 5.41) is 33.1. The van der Waals surface area contributed by atoms with Crippen LogP contribution in [-0.4, -0.2) is 62.1 Å². The molecule has 0 fully saturated rings. The smallest absolute Gasteiger partial charge is 0.323 e. The Bertz CT molecular complexity index is 208. The molecule has 9 heteroatoms. The molecule has 10 N–H and O–H groups in total. The summed E-state index contributed by atoms with van der Waals surface area (Å²) >= 11 is 0. The molecule has 0 saturated heterocycles. The van der Waals surface area contributed by atoms with Gasteiger partial charge in [-0.2, -0.15) is 0 Å². The van der Waals surface area contributed by atoms with Crippen LogP contribution in [0.1, 0.15) is 13.8 Å². The summed E-state index contributed by atoms with van der Waals surface area (Å²) in [6, 6.07) is -2.31. The third-order valence-electron chi connectivity index (χ3n) is 1.61. The average Bonchev–Trinajstić information content (AvgIpc) is 2.15. The SMILES string of the molecule is C[C@@H](O)[C@H](N)C(=O)O.C[C@@H](O)[C@H](N)C(=O)O.O. The molecule has 4 atom stereocenters. The van der Waals surface area contributed by atoms with Gasteiger partial charge in [0.15, 0.2) is 0 Å². The summed E-state index contributed by atoms with van der Waals surface area (Å²) in [7, 11) is 0. The van der Waals surface area contributed by atoms with Crippen molar-refractivity contribution in [3.8, 4) is 0 Å². The van der Waals surface area contributed by atoms with Crippen LogP contribution in [0.3, 0.4) is 0 Å². The number of carboxylic acids is 2. The molecule has 9 nitrogen and oxygen atoms in total. The number of aliphatic carboxylic acids is 2. The Morgan fingerprint density at radius 1 is 0.882 bits per heavy atom. The predicted octanol–water partition coefficient (Wildman–Crippen LogP) is -3.27. The minimum absolute atomic E-state index is 0. The van der Waals surface area contributed by atoms with E-state index in [0.29, 0.717) is 0 Å². The standard InChI is InChI=1S/2C4H9NO3.H2O/c2*1-2(6)3(5)4(7)8;/h2*2-3,6H,5H2,1H3,(H,7,8);1H2/t2*2-,3+;/m11./s1. The summed E-state index contributed by atoms with van der Waals surface area (Å²) in [6.45, 7) is 2.66. The number of aliphatic hydroxyl groups excluding tert-OH is 2.